The summed E-state index contributed by atoms with van der Waals surface area (Å²) in [4.78, 5) is 0. The molecule has 1 nitrogen and oxygen atoms in total. The van der Waals surface area contributed by atoms with Crippen molar-refractivity contribution in [2.75, 3.05) is 6.54 Å². The number of rotatable bonds is 4. The first-order valence-electron chi connectivity index (χ1n) is 4.98. The van der Waals surface area contributed by atoms with E-state index in [0.717, 1.165) is 0 Å². The van der Waals surface area contributed by atoms with Crippen LogP contribution in [0.3, 0.4) is 0 Å². The molecule has 0 spiro atoms. The third-order valence-corrected chi connectivity index (χ3v) is 2.71. The van der Waals surface area contributed by atoms with Gasteiger partial charge < -0.3 is 5.32 Å². The zero-order valence-corrected chi connectivity index (χ0v) is 10.4. The van der Waals surface area contributed by atoms with Gasteiger partial charge in [0.1, 0.15) is 11.6 Å². The first-order valence-corrected chi connectivity index (χ1v) is 5.77. The Morgan fingerprint density at radius 2 is 1.80 bits per heavy atom. The van der Waals surface area contributed by atoms with Crippen molar-refractivity contribution in [2.24, 2.45) is 0 Å². The number of nitrogens with one attached hydrogen (secondary N) is 1. The van der Waals surface area contributed by atoms with Crippen molar-refractivity contribution in [2.45, 2.75) is 26.3 Å². The average molecular weight is 278 g/mol. The molecule has 84 valence electrons. The highest BCUT2D eigenvalue weighted by molar-refractivity contribution is 9.10. The minimum absolute atomic E-state index is 0.127. The van der Waals surface area contributed by atoms with Crippen LogP contribution in [0, 0.1) is 11.6 Å². The molecule has 0 aliphatic heterocycles. The minimum atomic E-state index is -0.505. The Morgan fingerprint density at radius 3 is 2.20 bits per heavy atom. The van der Waals surface area contributed by atoms with E-state index in [1.54, 1.807) is 0 Å². The van der Waals surface area contributed by atoms with Crippen molar-refractivity contribution in [1.82, 2.24) is 5.32 Å². The van der Waals surface area contributed by atoms with Gasteiger partial charge in [0.15, 0.2) is 0 Å². The largest absolute Gasteiger partial charge is 0.310 e. The van der Waals surface area contributed by atoms with Crippen molar-refractivity contribution in [1.29, 1.82) is 0 Å². The highest BCUT2D eigenvalue weighted by Gasteiger charge is 2.18. The molecule has 4 heteroatoms. The van der Waals surface area contributed by atoms with E-state index in [1.165, 1.54) is 12.1 Å². The zero-order chi connectivity index (χ0) is 11.4. The molecule has 0 aliphatic carbocycles. The average Bonchev–Trinajstić information content (AvgIpc) is 2.14. The summed E-state index contributed by atoms with van der Waals surface area (Å²) in [7, 11) is 0. The van der Waals surface area contributed by atoms with Crippen LogP contribution in [0.2, 0.25) is 0 Å². The Morgan fingerprint density at radius 1 is 1.27 bits per heavy atom. The summed E-state index contributed by atoms with van der Waals surface area (Å²) in [5, 5.41) is 3.05. The Bertz CT molecular complexity index is 318. The molecule has 0 radical (unpaired) electrons. The van der Waals surface area contributed by atoms with E-state index in [0.29, 0.717) is 17.4 Å². The van der Waals surface area contributed by atoms with Gasteiger partial charge in [-0.2, -0.15) is 0 Å². The second-order valence-electron chi connectivity index (χ2n) is 3.30. The van der Waals surface area contributed by atoms with Gasteiger partial charge in [-0.05, 0) is 25.1 Å². The maximum absolute atomic E-state index is 13.6. The third kappa shape index (κ3) is 2.98. The van der Waals surface area contributed by atoms with E-state index < -0.39 is 11.6 Å². The summed E-state index contributed by atoms with van der Waals surface area (Å²) >= 11 is 3.06. The Kier molecular flexibility index (Phi) is 4.67. The molecule has 0 saturated carbocycles. The van der Waals surface area contributed by atoms with Crippen molar-refractivity contribution in [3.8, 4) is 0 Å². The summed E-state index contributed by atoms with van der Waals surface area (Å²) in [6.45, 7) is 4.50. The van der Waals surface area contributed by atoms with Gasteiger partial charge in [0, 0.05) is 16.1 Å². The van der Waals surface area contributed by atoms with Gasteiger partial charge in [0.2, 0.25) is 0 Å². The van der Waals surface area contributed by atoms with Gasteiger partial charge in [0.05, 0.1) is 0 Å². The Hall–Kier alpha value is -0.480. The molecule has 1 aromatic rings. The number of benzene rings is 1. The normalized spacial score (nSPS) is 12.9. The molecular formula is C11H14BrF2N. The lowest BCUT2D eigenvalue weighted by Crippen LogP contribution is -2.22. The molecule has 0 aromatic heterocycles. The van der Waals surface area contributed by atoms with E-state index >= 15 is 0 Å². The van der Waals surface area contributed by atoms with Gasteiger partial charge >= 0.3 is 0 Å². The summed E-state index contributed by atoms with van der Waals surface area (Å²) in [5.41, 5.74) is 0.127. The number of hydrogen-bond acceptors (Lipinski definition) is 1. The van der Waals surface area contributed by atoms with E-state index in [9.17, 15) is 8.78 Å². The van der Waals surface area contributed by atoms with E-state index in [1.807, 2.05) is 13.8 Å². The smallest absolute Gasteiger partial charge is 0.132 e. The Labute approximate surface area is 97.0 Å². The maximum atomic E-state index is 13.6. The van der Waals surface area contributed by atoms with E-state index in [-0.39, 0.29) is 11.6 Å². The highest BCUT2D eigenvalue weighted by Crippen LogP contribution is 2.26. The summed E-state index contributed by atoms with van der Waals surface area (Å²) in [6, 6.07) is 2.32. The fourth-order valence-electron chi connectivity index (χ4n) is 1.58. The number of halogens is 3. The van der Waals surface area contributed by atoms with E-state index in [4.69, 9.17) is 0 Å². The molecule has 1 aromatic carbocycles. The first kappa shape index (κ1) is 12.6. The lowest BCUT2D eigenvalue weighted by atomic mass is 10.0. The molecule has 0 amide bonds. The van der Waals surface area contributed by atoms with Gasteiger partial charge in [-0.1, -0.05) is 29.8 Å². The van der Waals surface area contributed by atoms with Crippen LogP contribution >= 0.6 is 15.9 Å². The van der Waals surface area contributed by atoms with Crippen LogP contribution in [-0.2, 0) is 0 Å². The minimum Gasteiger partial charge on any atom is -0.310 e. The van der Waals surface area contributed by atoms with Gasteiger partial charge in [0.25, 0.3) is 0 Å². The van der Waals surface area contributed by atoms with Gasteiger partial charge in [-0.15, -0.1) is 0 Å². The molecule has 1 unspecified atom stereocenters. The van der Waals surface area contributed by atoms with Crippen molar-refractivity contribution in [3.05, 3.63) is 33.8 Å². The van der Waals surface area contributed by atoms with Crippen LogP contribution in [0.25, 0.3) is 0 Å². The molecule has 0 bridgehead atoms. The summed E-state index contributed by atoms with van der Waals surface area (Å²) in [5.74, 6) is -1.01. The van der Waals surface area contributed by atoms with Crippen molar-refractivity contribution >= 4 is 15.9 Å². The van der Waals surface area contributed by atoms with Crippen LogP contribution in [0.4, 0.5) is 8.78 Å². The molecule has 15 heavy (non-hydrogen) atoms. The molecule has 1 N–H and O–H groups in total. The van der Waals surface area contributed by atoms with Crippen LogP contribution in [0.15, 0.2) is 16.6 Å². The molecule has 1 atom stereocenters. The first-order chi connectivity index (χ1) is 7.10. The summed E-state index contributed by atoms with van der Waals surface area (Å²) < 4.78 is 27.5. The predicted octanol–water partition coefficient (Wildman–Crippen LogP) is 3.79. The molecule has 0 aliphatic rings. The quantitative estimate of drug-likeness (QED) is 0.883. The second kappa shape index (κ2) is 5.56. The molecular weight excluding hydrogens is 264 g/mol. The lowest BCUT2D eigenvalue weighted by Gasteiger charge is -2.17. The fraction of sp³-hybridized carbons (Fsp3) is 0.455. The van der Waals surface area contributed by atoms with Crippen LogP contribution in [0.1, 0.15) is 31.9 Å². The Balaban J connectivity index is 3.11. The molecule has 0 fully saturated rings. The van der Waals surface area contributed by atoms with Crippen molar-refractivity contribution in [3.63, 3.8) is 0 Å². The molecule has 0 saturated heterocycles. The van der Waals surface area contributed by atoms with Gasteiger partial charge in [-0.3, -0.25) is 0 Å². The highest BCUT2D eigenvalue weighted by atomic mass is 79.9. The number of hydrogen-bond donors (Lipinski definition) is 1. The van der Waals surface area contributed by atoms with Gasteiger partial charge in [-0.25, -0.2) is 8.78 Å². The standard InChI is InChI=1S/C11H14BrF2N/c1-3-10(15-4-2)11-8(13)5-7(12)6-9(11)14/h5-6,10,15H,3-4H2,1-2H3. The van der Waals surface area contributed by atoms with Crippen LogP contribution in [-0.4, -0.2) is 6.54 Å². The topological polar surface area (TPSA) is 12.0 Å². The second-order valence-corrected chi connectivity index (χ2v) is 4.22. The van der Waals surface area contributed by atoms with Crippen LogP contribution < -0.4 is 5.32 Å². The molecule has 0 heterocycles. The maximum Gasteiger partial charge on any atom is 0.132 e. The van der Waals surface area contributed by atoms with E-state index in [2.05, 4.69) is 21.2 Å². The molecule has 1 rings (SSSR count). The zero-order valence-electron chi connectivity index (χ0n) is 8.78. The van der Waals surface area contributed by atoms with Crippen LogP contribution in [0.5, 0.6) is 0 Å². The van der Waals surface area contributed by atoms with Crippen molar-refractivity contribution < 1.29 is 8.78 Å². The lowest BCUT2D eigenvalue weighted by molar-refractivity contribution is 0.465. The third-order valence-electron chi connectivity index (χ3n) is 2.25. The predicted molar refractivity (Wildman–Crippen MR) is 60.8 cm³/mol. The summed E-state index contributed by atoms with van der Waals surface area (Å²) in [6.07, 6.45) is 0.656. The fourth-order valence-corrected chi connectivity index (χ4v) is 1.99. The SMILES string of the molecule is CCNC(CC)c1c(F)cc(Br)cc1F. The monoisotopic (exact) mass is 277 g/mol.